The smallest absolute Gasteiger partial charge is 0.328 e. The lowest BCUT2D eigenvalue weighted by Gasteiger charge is -2.16. The van der Waals surface area contributed by atoms with Gasteiger partial charge in [-0.1, -0.05) is 30.3 Å². The Morgan fingerprint density at radius 1 is 1.28 bits per heavy atom. The van der Waals surface area contributed by atoms with E-state index in [1.54, 1.807) is 21.0 Å². The SMILES string of the molecule is CC(NC(=O)N(C)C)C(=O)OCc1ccccc1. The zero-order valence-corrected chi connectivity index (χ0v) is 10.8. The Kier molecular flexibility index (Phi) is 5.17. The third-order valence-electron chi connectivity index (χ3n) is 2.32. The van der Waals surface area contributed by atoms with Crippen LogP contribution in [0.25, 0.3) is 0 Å². The first-order chi connectivity index (χ1) is 8.50. The lowest BCUT2D eigenvalue weighted by molar-refractivity contribution is -0.146. The molecule has 5 nitrogen and oxygen atoms in total. The molecule has 0 aliphatic carbocycles. The highest BCUT2D eigenvalue weighted by molar-refractivity contribution is 5.83. The van der Waals surface area contributed by atoms with E-state index in [0.29, 0.717) is 0 Å². The monoisotopic (exact) mass is 250 g/mol. The van der Waals surface area contributed by atoms with E-state index in [9.17, 15) is 9.59 Å². The molecule has 1 rings (SSSR count). The Hall–Kier alpha value is -2.04. The van der Waals surface area contributed by atoms with Crippen molar-refractivity contribution in [1.82, 2.24) is 10.2 Å². The van der Waals surface area contributed by atoms with Crippen molar-refractivity contribution in [2.24, 2.45) is 0 Å². The number of nitrogens with zero attached hydrogens (tertiary/aromatic N) is 1. The van der Waals surface area contributed by atoms with Gasteiger partial charge in [0.25, 0.3) is 0 Å². The quantitative estimate of drug-likeness (QED) is 0.821. The first-order valence-corrected chi connectivity index (χ1v) is 5.69. The van der Waals surface area contributed by atoms with Crippen LogP contribution in [0, 0.1) is 0 Å². The fourth-order valence-electron chi connectivity index (χ4n) is 1.23. The molecule has 0 fully saturated rings. The molecular formula is C13H18N2O3. The van der Waals surface area contributed by atoms with Gasteiger partial charge in [0.15, 0.2) is 0 Å². The van der Waals surface area contributed by atoms with Crippen LogP contribution < -0.4 is 5.32 Å². The molecule has 0 saturated carbocycles. The highest BCUT2D eigenvalue weighted by Crippen LogP contribution is 2.01. The molecule has 0 radical (unpaired) electrons. The predicted octanol–water partition coefficient (Wildman–Crippen LogP) is 1.39. The van der Waals surface area contributed by atoms with Gasteiger partial charge in [0.2, 0.25) is 0 Å². The first kappa shape index (κ1) is 14.0. The summed E-state index contributed by atoms with van der Waals surface area (Å²) in [7, 11) is 3.22. The summed E-state index contributed by atoms with van der Waals surface area (Å²) in [6.07, 6.45) is 0. The van der Waals surface area contributed by atoms with E-state index in [2.05, 4.69) is 5.32 Å². The van der Waals surface area contributed by atoms with E-state index in [1.807, 2.05) is 30.3 Å². The van der Waals surface area contributed by atoms with E-state index >= 15 is 0 Å². The van der Waals surface area contributed by atoms with Crippen molar-refractivity contribution in [3.63, 3.8) is 0 Å². The highest BCUT2D eigenvalue weighted by Gasteiger charge is 2.17. The van der Waals surface area contributed by atoms with Gasteiger partial charge in [-0.25, -0.2) is 9.59 Å². The van der Waals surface area contributed by atoms with Gasteiger partial charge >= 0.3 is 12.0 Å². The predicted molar refractivity (Wildman–Crippen MR) is 67.9 cm³/mol. The number of esters is 1. The molecule has 1 aromatic rings. The standard InChI is InChI=1S/C13H18N2O3/c1-10(14-13(17)15(2)3)12(16)18-9-11-7-5-4-6-8-11/h4-8,10H,9H2,1-3H3,(H,14,17). The van der Waals surface area contributed by atoms with E-state index in [0.717, 1.165) is 5.56 Å². The summed E-state index contributed by atoms with van der Waals surface area (Å²) in [5, 5.41) is 2.53. The van der Waals surface area contributed by atoms with Crippen LogP contribution >= 0.6 is 0 Å². The molecule has 18 heavy (non-hydrogen) atoms. The van der Waals surface area contributed by atoms with Crippen molar-refractivity contribution in [3.05, 3.63) is 35.9 Å². The maximum atomic E-state index is 11.6. The number of carbonyl (C=O) groups is 2. The van der Waals surface area contributed by atoms with Crippen molar-refractivity contribution in [1.29, 1.82) is 0 Å². The Labute approximate surface area is 107 Å². The second-order valence-corrected chi connectivity index (χ2v) is 4.16. The molecule has 2 amide bonds. The molecule has 1 unspecified atom stereocenters. The van der Waals surface area contributed by atoms with Crippen LogP contribution in [0.4, 0.5) is 4.79 Å². The summed E-state index contributed by atoms with van der Waals surface area (Å²) in [5.41, 5.74) is 0.914. The van der Waals surface area contributed by atoms with Crippen LogP contribution in [-0.4, -0.2) is 37.0 Å². The highest BCUT2D eigenvalue weighted by atomic mass is 16.5. The van der Waals surface area contributed by atoms with Crippen molar-refractivity contribution in [2.45, 2.75) is 19.6 Å². The minimum atomic E-state index is -0.663. The Morgan fingerprint density at radius 2 is 1.89 bits per heavy atom. The maximum absolute atomic E-state index is 11.6. The number of ether oxygens (including phenoxy) is 1. The minimum absolute atomic E-state index is 0.210. The van der Waals surface area contributed by atoms with Crippen LogP contribution in [0.1, 0.15) is 12.5 Å². The number of carbonyl (C=O) groups excluding carboxylic acids is 2. The average molecular weight is 250 g/mol. The second kappa shape index (κ2) is 6.64. The first-order valence-electron chi connectivity index (χ1n) is 5.69. The van der Waals surface area contributed by atoms with Gasteiger partial charge in [-0.3, -0.25) is 0 Å². The molecule has 0 aromatic heterocycles. The zero-order valence-electron chi connectivity index (χ0n) is 10.8. The van der Waals surface area contributed by atoms with Gasteiger partial charge in [-0.2, -0.15) is 0 Å². The summed E-state index contributed by atoms with van der Waals surface area (Å²) in [6, 6.07) is 8.40. The molecule has 1 atom stereocenters. The Balaban J connectivity index is 2.39. The van der Waals surface area contributed by atoms with E-state index in [1.165, 1.54) is 4.90 Å². The number of amides is 2. The summed E-state index contributed by atoms with van der Waals surface area (Å²) in [4.78, 5) is 24.3. The molecule has 0 spiro atoms. The summed E-state index contributed by atoms with van der Waals surface area (Å²) in [5.74, 6) is -0.450. The fourth-order valence-corrected chi connectivity index (χ4v) is 1.23. The second-order valence-electron chi connectivity index (χ2n) is 4.16. The van der Waals surface area contributed by atoms with Gasteiger partial charge in [-0.15, -0.1) is 0 Å². The molecule has 0 heterocycles. The van der Waals surface area contributed by atoms with E-state index in [4.69, 9.17) is 4.74 Å². The fraction of sp³-hybridized carbons (Fsp3) is 0.385. The van der Waals surface area contributed by atoms with Crippen LogP contribution in [0.3, 0.4) is 0 Å². The topological polar surface area (TPSA) is 58.6 Å². The van der Waals surface area contributed by atoms with Crippen molar-refractivity contribution < 1.29 is 14.3 Å². The van der Waals surface area contributed by atoms with Gasteiger partial charge < -0.3 is 15.0 Å². The van der Waals surface area contributed by atoms with Gasteiger partial charge in [0.05, 0.1) is 0 Å². The number of hydrogen-bond donors (Lipinski definition) is 1. The molecule has 98 valence electrons. The summed E-state index contributed by atoms with van der Waals surface area (Å²) >= 11 is 0. The van der Waals surface area contributed by atoms with Crippen molar-refractivity contribution in [2.75, 3.05) is 14.1 Å². The van der Waals surface area contributed by atoms with Crippen LogP contribution in [-0.2, 0) is 16.1 Å². The Morgan fingerprint density at radius 3 is 2.44 bits per heavy atom. The number of nitrogens with one attached hydrogen (secondary N) is 1. The van der Waals surface area contributed by atoms with Crippen LogP contribution in [0.2, 0.25) is 0 Å². The molecule has 0 saturated heterocycles. The molecule has 0 aliphatic rings. The molecule has 1 aromatic carbocycles. The normalized spacial score (nSPS) is 11.5. The van der Waals surface area contributed by atoms with Crippen molar-refractivity contribution >= 4 is 12.0 Å². The Bertz CT molecular complexity index is 404. The summed E-state index contributed by atoms with van der Waals surface area (Å²) < 4.78 is 5.10. The third kappa shape index (κ3) is 4.45. The molecular weight excluding hydrogens is 232 g/mol. The largest absolute Gasteiger partial charge is 0.459 e. The third-order valence-corrected chi connectivity index (χ3v) is 2.32. The number of benzene rings is 1. The number of rotatable bonds is 4. The average Bonchev–Trinajstić information content (AvgIpc) is 2.36. The molecule has 1 N–H and O–H groups in total. The molecule has 0 bridgehead atoms. The maximum Gasteiger partial charge on any atom is 0.328 e. The molecule has 0 aliphatic heterocycles. The minimum Gasteiger partial charge on any atom is -0.459 e. The molecule has 5 heteroatoms. The zero-order chi connectivity index (χ0) is 13.5. The lowest BCUT2D eigenvalue weighted by atomic mass is 10.2. The van der Waals surface area contributed by atoms with Crippen LogP contribution in [0.15, 0.2) is 30.3 Å². The van der Waals surface area contributed by atoms with Crippen LogP contribution in [0.5, 0.6) is 0 Å². The van der Waals surface area contributed by atoms with Gasteiger partial charge in [0, 0.05) is 14.1 Å². The van der Waals surface area contributed by atoms with Gasteiger partial charge in [-0.05, 0) is 12.5 Å². The van der Waals surface area contributed by atoms with E-state index in [-0.39, 0.29) is 12.6 Å². The van der Waals surface area contributed by atoms with Crippen molar-refractivity contribution in [3.8, 4) is 0 Å². The number of urea groups is 1. The summed E-state index contributed by atoms with van der Waals surface area (Å²) in [6.45, 7) is 1.80. The lowest BCUT2D eigenvalue weighted by Crippen LogP contribution is -2.44. The van der Waals surface area contributed by atoms with E-state index < -0.39 is 12.0 Å². The number of hydrogen-bond acceptors (Lipinski definition) is 3. The van der Waals surface area contributed by atoms with Gasteiger partial charge in [0.1, 0.15) is 12.6 Å².